The van der Waals surface area contributed by atoms with Gasteiger partial charge in [-0.25, -0.2) is 4.79 Å². The fourth-order valence-corrected chi connectivity index (χ4v) is 3.11. The zero-order valence-electron chi connectivity index (χ0n) is 16.2. The lowest BCUT2D eigenvalue weighted by atomic mass is 9.84. The van der Waals surface area contributed by atoms with Crippen molar-refractivity contribution >= 4 is 23.9 Å². The van der Waals surface area contributed by atoms with Gasteiger partial charge in [0.05, 0.1) is 6.42 Å². The minimum absolute atomic E-state index is 0.285. The number of aliphatic carboxylic acids is 1. The molecule has 0 aliphatic heterocycles. The molecule has 1 aliphatic carbocycles. The number of rotatable bonds is 8. The van der Waals surface area contributed by atoms with Gasteiger partial charge in [-0.3, -0.25) is 14.4 Å². The molecule has 9 heteroatoms. The summed E-state index contributed by atoms with van der Waals surface area (Å²) in [7, 11) is 0. The molecule has 1 rings (SSSR count). The third-order valence-electron chi connectivity index (χ3n) is 4.34. The van der Waals surface area contributed by atoms with Crippen LogP contribution in [0.1, 0.15) is 65.7 Å². The van der Waals surface area contributed by atoms with Gasteiger partial charge >= 0.3 is 12.1 Å². The first-order chi connectivity index (χ1) is 12.5. The van der Waals surface area contributed by atoms with E-state index < -0.39 is 48.0 Å². The molecule has 0 heterocycles. The lowest BCUT2D eigenvalue weighted by Crippen LogP contribution is -2.54. The highest BCUT2D eigenvalue weighted by molar-refractivity contribution is 5.92. The van der Waals surface area contributed by atoms with Crippen LogP contribution >= 0.6 is 0 Å². The van der Waals surface area contributed by atoms with Gasteiger partial charge < -0.3 is 26.2 Å². The van der Waals surface area contributed by atoms with Crippen molar-refractivity contribution in [1.82, 2.24) is 10.6 Å². The van der Waals surface area contributed by atoms with Crippen molar-refractivity contribution in [2.24, 2.45) is 11.7 Å². The van der Waals surface area contributed by atoms with Crippen LogP contribution in [-0.2, 0) is 19.1 Å². The Bertz CT molecular complexity index is 552. The van der Waals surface area contributed by atoms with Crippen LogP contribution < -0.4 is 16.4 Å². The van der Waals surface area contributed by atoms with Gasteiger partial charge in [0.25, 0.3) is 0 Å². The van der Waals surface area contributed by atoms with Crippen LogP contribution in [0.4, 0.5) is 4.79 Å². The van der Waals surface area contributed by atoms with E-state index in [4.69, 9.17) is 15.6 Å². The van der Waals surface area contributed by atoms with Crippen molar-refractivity contribution in [3.05, 3.63) is 0 Å². The molecule has 0 aromatic rings. The van der Waals surface area contributed by atoms with Gasteiger partial charge in [-0.05, 0) is 33.1 Å². The Balaban J connectivity index is 2.74. The predicted octanol–water partition coefficient (Wildman–Crippen LogP) is 1.29. The quantitative estimate of drug-likeness (QED) is 0.495. The first kappa shape index (κ1) is 22.7. The predicted molar refractivity (Wildman–Crippen MR) is 97.7 cm³/mol. The highest BCUT2D eigenvalue weighted by Crippen LogP contribution is 2.27. The third-order valence-corrected chi connectivity index (χ3v) is 4.34. The SMILES string of the molecule is CC(C)(C)OC(=O)N[C@@H](CC(=O)O)C(=O)N[C@@H](CC1CCCCC1)C(N)=O. The molecule has 0 saturated heterocycles. The molecule has 0 bridgehead atoms. The molecule has 0 unspecified atom stereocenters. The molecule has 0 spiro atoms. The number of carboxylic acids is 1. The van der Waals surface area contributed by atoms with Gasteiger partial charge in [-0.15, -0.1) is 0 Å². The minimum atomic E-state index is -1.37. The number of hydrogen-bond acceptors (Lipinski definition) is 5. The number of hydrogen-bond donors (Lipinski definition) is 4. The fourth-order valence-electron chi connectivity index (χ4n) is 3.11. The number of carboxylic acid groups (broad SMARTS) is 1. The number of carbonyl (C=O) groups is 4. The van der Waals surface area contributed by atoms with Gasteiger partial charge in [0.15, 0.2) is 0 Å². The van der Waals surface area contributed by atoms with Gasteiger partial charge in [0.2, 0.25) is 11.8 Å². The Hall–Kier alpha value is -2.32. The van der Waals surface area contributed by atoms with Crippen LogP contribution in [-0.4, -0.2) is 46.7 Å². The number of ether oxygens (including phenoxy) is 1. The average Bonchev–Trinajstić information content (AvgIpc) is 2.52. The maximum absolute atomic E-state index is 12.5. The Morgan fingerprint density at radius 1 is 1.07 bits per heavy atom. The van der Waals surface area contributed by atoms with E-state index in [-0.39, 0.29) is 5.92 Å². The van der Waals surface area contributed by atoms with Crippen molar-refractivity contribution in [3.63, 3.8) is 0 Å². The van der Waals surface area contributed by atoms with Crippen molar-refractivity contribution in [2.45, 2.75) is 83.4 Å². The molecule has 1 aliphatic rings. The molecular formula is C18H31N3O6. The average molecular weight is 385 g/mol. The van der Waals surface area contributed by atoms with Crippen LogP contribution in [0.5, 0.6) is 0 Å². The summed E-state index contributed by atoms with van der Waals surface area (Å²) in [6.07, 6.45) is 4.10. The van der Waals surface area contributed by atoms with Gasteiger partial charge in [0.1, 0.15) is 17.7 Å². The summed E-state index contributed by atoms with van der Waals surface area (Å²) in [5.74, 6) is -2.44. The molecule has 1 fully saturated rings. The summed E-state index contributed by atoms with van der Waals surface area (Å²) in [5, 5.41) is 13.8. The zero-order valence-corrected chi connectivity index (χ0v) is 16.2. The number of nitrogens with one attached hydrogen (secondary N) is 2. The van der Waals surface area contributed by atoms with Crippen LogP contribution in [0.25, 0.3) is 0 Å². The summed E-state index contributed by atoms with van der Waals surface area (Å²) >= 11 is 0. The van der Waals surface area contributed by atoms with Crippen LogP contribution in [0.2, 0.25) is 0 Å². The monoisotopic (exact) mass is 385 g/mol. The summed E-state index contributed by atoms with van der Waals surface area (Å²) < 4.78 is 5.06. The van der Waals surface area contributed by atoms with E-state index in [9.17, 15) is 19.2 Å². The minimum Gasteiger partial charge on any atom is -0.481 e. The van der Waals surface area contributed by atoms with E-state index in [0.29, 0.717) is 6.42 Å². The largest absolute Gasteiger partial charge is 0.481 e. The topological polar surface area (TPSA) is 148 Å². The molecule has 2 atom stereocenters. The molecule has 9 nitrogen and oxygen atoms in total. The molecule has 154 valence electrons. The Kier molecular flexibility index (Phi) is 8.52. The Morgan fingerprint density at radius 2 is 1.67 bits per heavy atom. The molecule has 1 saturated carbocycles. The summed E-state index contributed by atoms with van der Waals surface area (Å²) in [4.78, 5) is 47.2. The number of amides is 3. The maximum Gasteiger partial charge on any atom is 0.408 e. The van der Waals surface area contributed by atoms with Gasteiger partial charge in [0, 0.05) is 0 Å². The highest BCUT2D eigenvalue weighted by atomic mass is 16.6. The lowest BCUT2D eigenvalue weighted by molar-refractivity contribution is -0.140. The van der Waals surface area contributed by atoms with Crippen LogP contribution in [0.3, 0.4) is 0 Å². The third kappa shape index (κ3) is 9.25. The summed E-state index contributed by atoms with van der Waals surface area (Å²) in [6.45, 7) is 4.93. The van der Waals surface area contributed by atoms with E-state index in [0.717, 1.165) is 32.1 Å². The smallest absolute Gasteiger partial charge is 0.408 e. The second-order valence-electron chi connectivity index (χ2n) is 8.00. The van der Waals surface area contributed by atoms with E-state index in [1.165, 1.54) is 0 Å². The molecule has 0 radical (unpaired) electrons. The summed E-state index contributed by atoms with van der Waals surface area (Å²) in [5.41, 5.74) is 4.61. The standard InChI is InChI=1S/C18H31N3O6/c1-18(2,3)27-17(26)21-13(10-14(22)23)16(25)20-12(15(19)24)9-11-7-5-4-6-8-11/h11-13H,4-10H2,1-3H3,(H2,19,24)(H,20,25)(H,21,26)(H,22,23)/t12-,13-/m0/s1. The van der Waals surface area contributed by atoms with Crippen LogP contribution in [0.15, 0.2) is 0 Å². The Morgan fingerprint density at radius 3 is 2.15 bits per heavy atom. The van der Waals surface area contributed by atoms with E-state index >= 15 is 0 Å². The van der Waals surface area contributed by atoms with Gasteiger partial charge in [-0.1, -0.05) is 32.1 Å². The maximum atomic E-state index is 12.5. The first-order valence-electron chi connectivity index (χ1n) is 9.29. The normalized spacial score (nSPS) is 17.4. The van der Waals surface area contributed by atoms with E-state index in [1.807, 2.05) is 0 Å². The van der Waals surface area contributed by atoms with Crippen molar-refractivity contribution in [2.75, 3.05) is 0 Å². The highest BCUT2D eigenvalue weighted by Gasteiger charge is 2.30. The second-order valence-corrected chi connectivity index (χ2v) is 8.00. The van der Waals surface area contributed by atoms with E-state index in [2.05, 4.69) is 10.6 Å². The number of primary amides is 1. The lowest BCUT2D eigenvalue weighted by Gasteiger charge is -2.27. The van der Waals surface area contributed by atoms with Crippen molar-refractivity contribution < 1.29 is 29.0 Å². The van der Waals surface area contributed by atoms with E-state index in [1.54, 1.807) is 20.8 Å². The second kappa shape index (κ2) is 10.1. The zero-order chi connectivity index (χ0) is 20.6. The molecule has 0 aromatic heterocycles. The number of alkyl carbamates (subject to hydrolysis) is 1. The fraction of sp³-hybridized carbons (Fsp3) is 0.778. The molecule has 5 N–H and O–H groups in total. The Labute approximate surface area is 159 Å². The molecule has 0 aromatic carbocycles. The molecule has 3 amide bonds. The number of carbonyl (C=O) groups excluding carboxylic acids is 3. The number of nitrogens with two attached hydrogens (primary N) is 1. The van der Waals surface area contributed by atoms with Crippen molar-refractivity contribution in [3.8, 4) is 0 Å². The van der Waals surface area contributed by atoms with Gasteiger partial charge in [-0.2, -0.15) is 0 Å². The molecular weight excluding hydrogens is 354 g/mol. The van der Waals surface area contributed by atoms with Crippen LogP contribution in [0, 0.1) is 5.92 Å². The van der Waals surface area contributed by atoms with Crippen molar-refractivity contribution in [1.29, 1.82) is 0 Å². The molecule has 27 heavy (non-hydrogen) atoms. The first-order valence-corrected chi connectivity index (χ1v) is 9.29. The summed E-state index contributed by atoms with van der Waals surface area (Å²) in [6, 6.07) is -2.28.